The van der Waals surface area contributed by atoms with Crippen LogP contribution in [0.25, 0.3) is 5.69 Å². The number of aryl methyl sites for hydroxylation is 2. The lowest BCUT2D eigenvalue weighted by Crippen LogP contribution is -2.51. The predicted molar refractivity (Wildman–Crippen MR) is 119 cm³/mol. The Kier molecular flexibility index (Phi) is 5.15. The fraction of sp³-hybridized carbons (Fsp3) is 0.538. The second-order valence-corrected chi connectivity index (χ2v) is 10.3. The highest BCUT2D eigenvalue weighted by molar-refractivity contribution is 5.91. The van der Waals surface area contributed by atoms with Crippen molar-refractivity contribution in [2.75, 3.05) is 13.2 Å². The standard InChI is InChI=1S/C26H32N2O3/c1-17-3-4-18(2)28(17)23-7-5-22(6-8-23)25(30)31-15-24(29)27-16-26-12-19-9-20(13-26)11-21(10-19)14-26/h3-8,19-21H,9-16H2,1-2H3,(H,27,29). The molecule has 0 atom stereocenters. The number of nitrogens with zero attached hydrogens (tertiary/aromatic N) is 1. The Morgan fingerprint density at radius 2 is 1.48 bits per heavy atom. The zero-order valence-corrected chi connectivity index (χ0v) is 18.5. The van der Waals surface area contributed by atoms with Gasteiger partial charge < -0.3 is 14.6 Å². The average Bonchev–Trinajstić information content (AvgIpc) is 3.08. The third-order valence-electron chi connectivity index (χ3n) is 7.79. The summed E-state index contributed by atoms with van der Waals surface area (Å²) in [5.41, 5.74) is 4.04. The molecule has 2 aromatic rings. The molecule has 0 radical (unpaired) electrons. The van der Waals surface area contributed by atoms with Crippen LogP contribution in [0, 0.1) is 37.0 Å². The summed E-state index contributed by atoms with van der Waals surface area (Å²) in [5, 5.41) is 3.07. The van der Waals surface area contributed by atoms with Crippen molar-refractivity contribution in [3.63, 3.8) is 0 Å². The number of carbonyl (C=O) groups excluding carboxylic acids is 2. The first-order valence-electron chi connectivity index (χ1n) is 11.6. The highest BCUT2D eigenvalue weighted by Gasteiger charge is 2.50. The first kappa shape index (κ1) is 20.3. The second-order valence-electron chi connectivity index (χ2n) is 10.3. The number of amides is 1. The molecule has 1 amide bonds. The highest BCUT2D eigenvalue weighted by Crippen LogP contribution is 2.59. The molecule has 1 aromatic heterocycles. The van der Waals surface area contributed by atoms with E-state index >= 15 is 0 Å². The molecule has 5 nitrogen and oxygen atoms in total. The number of nitrogens with one attached hydrogen (secondary N) is 1. The van der Waals surface area contributed by atoms with Gasteiger partial charge in [-0.3, -0.25) is 4.79 Å². The van der Waals surface area contributed by atoms with E-state index in [0.29, 0.717) is 11.0 Å². The largest absolute Gasteiger partial charge is 0.452 e. The van der Waals surface area contributed by atoms with Crippen LogP contribution in [0.15, 0.2) is 36.4 Å². The van der Waals surface area contributed by atoms with Gasteiger partial charge in [0, 0.05) is 23.6 Å². The van der Waals surface area contributed by atoms with Crippen LogP contribution >= 0.6 is 0 Å². The van der Waals surface area contributed by atoms with E-state index in [1.807, 2.05) is 12.1 Å². The number of benzene rings is 1. The summed E-state index contributed by atoms with van der Waals surface area (Å²) < 4.78 is 7.41. The number of rotatable bonds is 6. The van der Waals surface area contributed by atoms with Crippen molar-refractivity contribution in [2.24, 2.45) is 23.2 Å². The highest BCUT2D eigenvalue weighted by atomic mass is 16.5. The van der Waals surface area contributed by atoms with E-state index in [-0.39, 0.29) is 12.5 Å². The third kappa shape index (κ3) is 4.02. The third-order valence-corrected chi connectivity index (χ3v) is 7.79. The molecule has 164 valence electrons. The van der Waals surface area contributed by atoms with Gasteiger partial charge >= 0.3 is 5.97 Å². The van der Waals surface area contributed by atoms with Crippen molar-refractivity contribution in [3.8, 4) is 5.69 Å². The van der Waals surface area contributed by atoms with Gasteiger partial charge in [-0.2, -0.15) is 0 Å². The molecule has 31 heavy (non-hydrogen) atoms. The van der Waals surface area contributed by atoms with E-state index in [2.05, 4.69) is 35.9 Å². The van der Waals surface area contributed by atoms with Gasteiger partial charge in [0.25, 0.3) is 5.91 Å². The first-order chi connectivity index (χ1) is 14.9. The summed E-state index contributed by atoms with van der Waals surface area (Å²) in [6.45, 7) is 4.62. The van der Waals surface area contributed by atoms with Crippen molar-refractivity contribution >= 4 is 11.9 Å². The molecule has 4 saturated carbocycles. The zero-order chi connectivity index (χ0) is 21.6. The van der Waals surface area contributed by atoms with Crippen LogP contribution in [0.1, 0.15) is 60.3 Å². The molecular weight excluding hydrogens is 388 g/mol. The Morgan fingerprint density at radius 1 is 0.935 bits per heavy atom. The van der Waals surface area contributed by atoms with Crippen LogP contribution in [0.3, 0.4) is 0 Å². The van der Waals surface area contributed by atoms with Gasteiger partial charge in [-0.05, 0) is 112 Å². The summed E-state index contributed by atoms with van der Waals surface area (Å²) >= 11 is 0. The Hall–Kier alpha value is -2.56. The summed E-state index contributed by atoms with van der Waals surface area (Å²) in [5.74, 6) is 1.94. The average molecular weight is 421 g/mol. The van der Waals surface area contributed by atoms with E-state index in [9.17, 15) is 9.59 Å². The maximum absolute atomic E-state index is 12.4. The van der Waals surface area contributed by atoms with E-state index in [1.54, 1.807) is 12.1 Å². The van der Waals surface area contributed by atoms with Crippen molar-refractivity contribution < 1.29 is 14.3 Å². The number of esters is 1. The van der Waals surface area contributed by atoms with Gasteiger partial charge in [-0.25, -0.2) is 4.79 Å². The van der Waals surface area contributed by atoms with E-state index in [1.165, 1.54) is 38.5 Å². The van der Waals surface area contributed by atoms with Crippen molar-refractivity contribution in [1.82, 2.24) is 9.88 Å². The molecule has 6 rings (SSSR count). The molecular formula is C26H32N2O3. The minimum Gasteiger partial charge on any atom is -0.452 e. The Balaban J connectivity index is 1.13. The van der Waals surface area contributed by atoms with Gasteiger partial charge in [-0.1, -0.05) is 0 Å². The van der Waals surface area contributed by atoms with Gasteiger partial charge in [-0.15, -0.1) is 0 Å². The van der Waals surface area contributed by atoms with E-state index < -0.39 is 5.97 Å². The summed E-state index contributed by atoms with van der Waals surface area (Å²) in [6.07, 6.45) is 7.95. The molecule has 0 saturated heterocycles. The molecule has 4 aliphatic carbocycles. The normalized spacial score (nSPS) is 28.5. The molecule has 0 unspecified atom stereocenters. The smallest absolute Gasteiger partial charge is 0.338 e. The predicted octanol–water partition coefficient (Wildman–Crippen LogP) is 4.58. The molecule has 4 aliphatic rings. The van der Waals surface area contributed by atoms with Crippen LogP contribution in [0.4, 0.5) is 0 Å². The van der Waals surface area contributed by atoms with Crippen LogP contribution in [-0.4, -0.2) is 29.6 Å². The van der Waals surface area contributed by atoms with Crippen molar-refractivity contribution in [1.29, 1.82) is 0 Å². The number of hydrogen-bond acceptors (Lipinski definition) is 3. The van der Waals surface area contributed by atoms with E-state index in [4.69, 9.17) is 4.74 Å². The first-order valence-corrected chi connectivity index (χ1v) is 11.6. The lowest BCUT2D eigenvalue weighted by atomic mass is 9.49. The Morgan fingerprint density at radius 3 is 2.03 bits per heavy atom. The molecule has 0 aliphatic heterocycles. The quantitative estimate of drug-likeness (QED) is 0.696. The molecule has 1 heterocycles. The van der Waals surface area contributed by atoms with Gasteiger partial charge in [0.05, 0.1) is 5.56 Å². The van der Waals surface area contributed by atoms with Crippen molar-refractivity contribution in [3.05, 3.63) is 53.3 Å². The van der Waals surface area contributed by atoms with E-state index in [0.717, 1.165) is 41.4 Å². The molecule has 0 spiro atoms. The summed E-state index contributed by atoms with van der Waals surface area (Å²) in [7, 11) is 0. The monoisotopic (exact) mass is 420 g/mol. The molecule has 4 fully saturated rings. The van der Waals surface area contributed by atoms with Gasteiger partial charge in [0.1, 0.15) is 0 Å². The fourth-order valence-electron chi connectivity index (χ4n) is 6.88. The van der Waals surface area contributed by atoms with Crippen LogP contribution < -0.4 is 5.32 Å². The second kappa shape index (κ2) is 7.85. The molecule has 5 heteroatoms. The number of hydrogen-bond donors (Lipinski definition) is 1. The zero-order valence-electron chi connectivity index (χ0n) is 18.5. The SMILES string of the molecule is Cc1ccc(C)n1-c1ccc(C(=O)OCC(=O)NCC23CC4CC(CC(C4)C2)C3)cc1. The minimum absolute atomic E-state index is 0.195. The molecule has 1 N–H and O–H groups in total. The van der Waals surface area contributed by atoms with Crippen LogP contribution in [0.5, 0.6) is 0 Å². The summed E-state index contributed by atoms with van der Waals surface area (Å²) in [6, 6.07) is 11.5. The lowest BCUT2D eigenvalue weighted by Gasteiger charge is -2.56. The number of carbonyl (C=O) groups is 2. The molecule has 1 aromatic carbocycles. The molecule has 4 bridgehead atoms. The van der Waals surface area contributed by atoms with Crippen LogP contribution in [0.2, 0.25) is 0 Å². The van der Waals surface area contributed by atoms with Crippen LogP contribution in [-0.2, 0) is 9.53 Å². The number of ether oxygens (including phenoxy) is 1. The van der Waals surface area contributed by atoms with Gasteiger partial charge in [0.2, 0.25) is 0 Å². The minimum atomic E-state index is -0.461. The fourth-order valence-corrected chi connectivity index (χ4v) is 6.88. The Bertz CT molecular complexity index is 934. The lowest BCUT2D eigenvalue weighted by molar-refractivity contribution is -0.126. The summed E-state index contributed by atoms with van der Waals surface area (Å²) in [4.78, 5) is 24.8. The maximum atomic E-state index is 12.4. The Labute approximate surface area is 184 Å². The maximum Gasteiger partial charge on any atom is 0.338 e. The van der Waals surface area contributed by atoms with Crippen molar-refractivity contribution in [2.45, 2.75) is 52.4 Å². The number of aromatic nitrogens is 1. The van der Waals surface area contributed by atoms with Gasteiger partial charge in [0.15, 0.2) is 6.61 Å². The topological polar surface area (TPSA) is 60.3 Å².